The summed E-state index contributed by atoms with van der Waals surface area (Å²) in [6.07, 6.45) is 3.44. The number of halogens is 1. The number of rotatable bonds is 10. The van der Waals surface area contributed by atoms with Crippen molar-refractivity contribution >= 4 is 35.1 Å². The number of carboxylic acid groups (broad SMARTS) is 1. The zero-order valence-corrected chi connectivity index (χ0v) is 19.8. The van der Waals surface area contributed by atoms with Crippen molar-refractivity contribution in [3.63, 3.8) is 0 Å². The van der Waals surface area contributed by atoms with Gasteiger partial charge in [0.25, 0.3) is 0 Å². The number of benzene rings is 2. The first kappa shape index (κ1) is 25.4. The minimum absolute atomic E-state index is 0.00116. The number of methoxy groups -OCH3 is 1. The van der Waals surface area contributed by atoms with Gasteiger partial charge in [-0.05, 0) is 74.6 Å². The lowest BCUT2D eigenvalue weighted by Crippen LogP contribution is -2.30. The average Bonchev–Trinajstić information content (AvgIpc) is 2.82. The minimum atomic E-state index is -0.738. The number of amides is 2. The number of Topliss-reactive ketones (excluding diaryl/α,β-unsaturated/α-hetero) is 1. The predicted octanol–water partition coefficient (Wildman–Crippen LogP) is 5.16. The molecule has 8 nitrogen and oxygen atoms in total. The highest BCUT2D eigenvalue weighted by Crippen LogP contribution is 2.29. The minimum Gasteiger partial charge on any atom is -0.495 e. The highest BCUT2D eigenvalue weighted by atomic mass is 35.5. The third-order valence-corrected chi connectivity index (χ3v) is 6.01. The second-order valence-corrected chi connectivity index (χ2v) is 8.64. The van der Waals surface area contributed by atoms with Crippen molar-refractivity contribution in [3.05, 3.63) is 53.1 Å². The fourth-order valence-corrected chi connectivity index (χ4v) is 4.05. The van der Waals surface area contributed by atoms with Crippen molar-refractivity contribution in [1.82, 2.24) is 5.32 Å². The molecule has 2 aromatic carbocycles. The van der Waals surface area contributed by atoms with Crippen molar-refractivity contribution in [3.8, 4) is 11.5 Å². The number of aliphatic carboxylic acids is 1. The maximum Gasteiger partial charge on any atom is 0.319 e. The van der Waals surface area contributed by atoms with Crippen molar-refractivity contribution in [2.75, 3.05) is 19.0 Å². The molecular weight excluding hydrogens is 460 g/mol. The first-order valence-electron chi connectivity index (χ1n) is 11.3. The van der Waals surface area contributed by atoms with E-state index < -0.39 is 12.0 Å². The number of carboxylic acids is 1. The number of carbonyl (C=O) groups is 3. The quantitative estimate of drug-likeness (QED) is 0.314. The molecule has 2 amide bonds. The Bertz CT molecular complexity index is 1000. The monoisotopic (exact) mass is 488 g/mol. The molecule has 3 N–H and O–H groups in total. The van der Waals surface area contributed by atoms with Crippen LogP contribution >= 0.6 is 11.6 Å². The van der Waals surface area contributed by atoms with Gasteiger partial charge in [0, 0.05) is 23.6 Å². The van der Waals surface area contributed by atoms with E-state index in [0.29, 0.717) is 72.8 Å². The highest BCUT2D eigenvalue weighted by molar-refractivity contribution is 6.31. The molecule has 2 aromatic rings. The molecule has 0 spiro atoms. The van der Waals surface area contributed by atoms with Gasteiger partial charge in [-0.2, -0.15) is 0 Å². The summed E-state index contributed by atoms with van der Waals surface area (Å²) in [5.74, 6) is 0.131. The summed E-state index contributed by atoms with van der Waals surface area (Å²) in [6, 6.07) is 11.5. The molecule has 3 rings (SSSR count). The average molecular weight is 489 g/mol. The summed E-state index contributed by atoms with van der Waals surface area (Å²) in [6.45, 7) is 0.334. The summed E-state index contributed by atoms with van der Waals surface area (Å²) < 4.78 is 11.1. The van der Waals surface area contributed by atoms with Gasteiger partial charge in [0.2, 0.25) is 0 Å². The molecule has 0 radical (unpaired) electrons. The Kier molecular flexibility index (Phi) is 9.16. The third-order valence-electron chi connectivity index (χ3n) is 5.78. The molecule has 0 aliphatic heterocycles. The number of nitrogens with one attached hydrogen (secondary N) is 2. The number of ketones is 1. The van der Waals surface area contributed by atoms with Crippen LogP contribution in [0, 0.1) is 5.92 Å². The summed E-state index contributed by atoms with van der Waals surface area (Å²) in [5, 5.41) is 15.0. The third kappa shape index (κ3) is 7.38. The van der Waals surface area contributed by atoms with Crippen LogP contribution in [-0.2, 0) is 4.79 Å². The van der Waals surface area contributed by atoms with Crippen LogP contribution in [0.15, 0.2) is 42.5 Å². The van der Waals surface area contributed by atoms with E-state index in [2.05, 4.69) is 10.6 Å². The highest BCUT2D eigenvalue weighted by Gasteiger charge is 2.26. The normalized spacial score (nSPS) is 17.5. The molecule has 0 aromatic heterocycles. The van der Waals surface area contributed by atoms with E-state index in [9.17, 15) is 14.4 Å². The first-order chi connectivity index (χ1) is 16.4. The largest absolute Gasteiger partial charge is 0.495 e. The molecule has 1 aliphatic rings. The van der Waals surface area contributed by atoms with Crippen molar-refractivity contribution in [1.29, 1.82) is 0 Å². The van der Waals surface area contributed by atoms with E-state index in [1.54, 1.807) is 42.5 Å². The molecule has 0 saturated heterocycles. The molecule has 1 aliphatic carbocycles. The van der Waals surface area contributed by atoms with Gasteiger partial charge in [-0.25, -0.2) is 4.79 Å². The fourth-order valence-electron chi connectivity index (χ4n) is 3.88. The molecule has 9 heteroatoms. The van der Waals surface area contributed by atoms with E-state index in [4.69, 9.17) is 26.2 Å². The molecule has 1 saturated carbocycles. The van der Waals surface area contributed by atoms with Crippen LogP contribution in [0.3, 0.4) is 0 Å². The van der Waals surface area contributed by atoms with Crippen LogP contribution in [0.5, 0.6) is 11.5 Å². The summed E-state index contributed by atoms with van der Waals surface area (Å²) in [5.41, 5.74) is 1.04. The topological polar surface area (TPSA) is 114 Å². The van der Waals surface area contributed by atoms with Crippen LogP contribution < -0.4 is 20.1 Å². The van der Waals surface area contributed by atoms with Gasteiger partial charge in [-0.3, -0.25) is 9.59 Å². The van der Waals surface area contributed by atoms with Crippen molar-refractivity contribution in [2.24, 2.45) is 5.92 Å². The van der Waals surface area contributed by atoms with E-state index in [1.807, 2.05) is 0 Å². The molecule has 0 bridgehead atoms. The maximum atomic E-state index is 12.4. The Morgan fingerprint density at radius 3 is 2.41 bits per heavy atom. The van der Waals surface area contributed by atoms with Gasteiger partial charge < -0.3 is 25.2 Å². The Labute approximate surface area is 203 Å². The van der Waals surface area contributed by atoms with Crippen LogP contribution in [0.2, 0.25) is 5.02 Å². The lowest BCUT2D eigenvalue weighted by Gasteiger charge is -2.26. The zero-order chi connectivity index (χ0) is 24.5. The molecule has 0 unspecified atom stereocenters. The van der Waals surface area contributed by atoms with Crippen LogP contribution in [-0.4, -0.2) is 42.6 Å². The summed E-state index contributed by atoms with van der Waals surface area (Å²) in [7, 11) is 1.50. The summed E-state index contributed by atoms with van der Waals surface area (Å²) in [4.78, 5) is 35.6. The van der Waals surface area contributed by atoms with Gasteiger partial charge in [0.15, 0.2) is 5.78 Å². The van der Waals surface area contributed by atoms with Crippen LogP contribution in [0.1, 0.15) is 48.9 Å². The number of anilines is 1. The second-order valence-electron chi connectivity index (χ2n) is 8.21. The number of ether oxygens (including phenoxy) is 2. The van der Waals surface area contributed by atoms with E-state index >= 15 is 0 Å². The molecule has 182 valence electrons. The Balaban J connectivity index is 1.38. The van der Waals surface area contributed by atoms with E-state index in [-0.39, 0.29) is 17.8 Å². The van der Waals surface area contributed by atoms with Crippen molar-refractivity contribution < 1.29 is 29.0 Å². The van der Waals surface area contributed by atoms with E-state index in [0.717, 1.165) is 0 Å². The van der Waals surface area contributed by atoms with E-state index in [1.165, 1.54) is 7.11 Å². The molecule has 0 heterocycles. The molecule has 1 fully saturated rings. The SMILES string of the molecule is COc1ccc(Cl)cc1NC(=O)NCCCC(=O)c1ccc(OC2CCC(C(=O)O)CC2)cc1. The Morgan fingerprint density at radius 2 is 1.76 bits per heavy atom. The number of hydrogen-bond acceptors (Lipinski definition) is 5. The lowest BCUT2D eigenvalue weighted by molar-refractivity contribution is -0.143. The molecular formula is C25H29ClN2O6. The van der Waals surface area contributed by atoms with Gasteiger partial charge in [-0.1, -0.05) is 11.6 Å². The summed E-state index contributed by atoms with van der Waals surface area (Å²) >= 11 is 5.96. The van der Waals surface area contributed by atoms with Crippen molar-refractivity contribution in [2.45, 2.75) is 44.6 Å². The zero-order valence-electron chi connectivity index (χ0n) is 19.0. The Hall–Kier alpha value is -3.26. The number of hydrogen-bond donors (Lipinski definition) is 3. The Morgan fingerprint density at radius 1 is 1.06 bits per heavy atom. The van der Waals surface area contributed by atoms with Crippen LogP contribution in [0.4, 0.5) is 10.5 Å². The van der Waals surface area contributed by atoms with Gasteiger partial charge in [-0.15, -0.1) is 0 Å². The van der Waals surface area contributed by atoms with Gasteiger partial charge >= 0.3 is 12.0 Å². The lowest BCUT2D eigenvalue weighted by atomic mass is 9.87. The molecule has 34 heavy (non-hydrogen) atoms. The smallest absolute Gasteiger partial charge is 0.319 e. The number of carbonyl (C=O) groups excluding carboxylic acids is 2. The second kappa shape index (κ2) is 12.3. The predicted molar refractivity (Wildman–Crippen MR) is 129 cm³/mol. The maximum absolute atomic E-state index is 12.4. The standard InChI is InChI=1S/C25H29ClN2O6/c1-33-23-13-8-18(26)15-21(23)28-25(32)27-14-2-3-22(29)16-4-9-19(10-5-16)34-20-11-6-17(7-12-20)24(30)31/h4-5,8-10,13,15,17,20H,2-3,6-7,11-12,14H2,1H3,(H,30,31)(H2,27,28,32). The van der Waals surface area contributed by atoms with Gasteiger partial charge in [0.05, 0.1) is 24.8 Å². The fraction of sp³-hybridized carbons (Fsp3) is 0.400. The van der Waals surface area contributed by atoms with Crippen LogP contribution in [0.25, 0.3) is 0 Å². The van der Waals surface area contributed by atoms with Gasteiger partial charge in [0.1, 0.15) is 11.5 Å². The number of urea groups is 1. The molecule has 0 atom stereocenters. The first-order valence-corrected chi connectivity index (χ1v) is 11.6.